The molecule has 1 aromatic heterocycles. The summed E-state index contributed by atoms with van der Waals surface area (Å²) >= 11 is 1.57. The number of amides is 1. The molecule has 128 valence electrons. The molecule has 0 aliphatic carbocycles. The molecule has 1 saturated heterocycles. The highest BCUT2D eigenvalue weighted by atomic mass is 32.1. The van der Waals surface area contributed by atoms with Crippen LogP contribution in [0.15, 0.2) is 30.3 Å². The second-order valence-corrected chi connectivity index (χ2v) is 7.45. The maximum absolute atomic E-state index is 12.9. The van der Waals surface area contributed by atoms with Crippen molar-refractivity contribution in [1.29, 1.82) is 0 Å². The zero-order valence-electron chi connectivity index (χ0n) is 14.2. The molecule has 1 amide bonds. The van der Waals surface area contributed by atoms with Gasteiger partial charge in [-0.2, -0.15) is 0 Å². The predicted octanol–water partition coefficient (Wildman–Crippen LogP) is 3.69. The zero-order valence-corrected chi connectivity index (χ0v) is 15.1. The fourth-order valence-corrected chi connectivity index (χ4v) is 4.30. The molecule has 3 rings (SSSR count). The first-order valence-electron chi connectivity index (χ1n) is 8.40. The van der Waals surface area contributed by atoms with Crippen LogP contribution in [-0.4, -0.2) is 37.0 Å². The Hall–Kier alpha value is -1.85. The first-order valence-corrected chi connectivity index (χ1v) is 9.21. The van der Waals surface area contributed by atoms with Gasteiger partial charge in [-0.15, -0.1) is 11.3 Å². The van der Waals surface area contributed by atoms with Crippen LogP contribution in [0.1, 0.15) is 33.8 Å². The van der Waals surface area contributed by atoms with Crippen molar-refractivity contribution in [2.24, 2.45) is 5.73 Å². The van der Waals surface area contributed by atoms with E-state index < -0.39 is 0 Å². The van der Waals surface area contributed by atoms with Crippen molar-refractivity contribution in [2.45, 2.75) is 32.2 Å². The van der Waals surface area contributed by atoms with Crippen molar-refractivity contribution < 1.29 is 9.53 Å². The lowest BCUT2D eigenvalue weighted by atomic mass is 10.0. The van der Waals surface area contributed by atoms with Gasteiger partial charge in [0.15, 0.2) is 0 Å². The summed E-state index contributed by atoms with van der Waals surface area (Å²) in [5.74, 6) is 0.958. The number of ether oxygens (including phenoxy) is 1. The highest BCUT2D eigenvalue weighted by molar-refractivity contribution is 7.14. The van der Waals surface area contributed by atoms with Crippen LogP contribution in [0, 0.1) is 6.92 Å². The number of nitrogens with two attached hydrogens (primary N) is 1. The number of carbonyl (C=O) groups is 1. The molecule has 1 unspecified atom stereocenters. The quantitative estimate of drug-likeness (QED) is 0.920. The van der Waals surface area contributed by atoms with E-state index in [1.54, 1.807) is 18.4 Å². The van der Waals surface area contributed by atoms with Crippen molar-refractivity contribution in [2.75, 3.05) is 20.2 Å². The molecule has 2 heterocycles. The van der Waals surface area contributed by atoms with E-state index in [1.165, 1.54) is 0 Å². The first kappa shape index (κ1) is 17.0. The fraction of sp³-hybridized carbons (Fsp3) is 0.421. The predicted molar refractivity (Wildman–Crippen MR) is 98.8 cm³/mol. The Balaban J connectivity index is 1.86. The molecule has 0 saturated carbocycles. The molecular formula is C19H24N2O2S. The molecular weight excluding hydrogens is 320 g/mol. The molecule has 1 aromatic carbocycles. The molecule has 1 atom stereocenters. The average molecular weight is 344 g/mol. The minimum Gasteiger partial charge on any atom is -0.497 e. The number of thiophene rings is 1. The normalized spacial score (nSPS) is 17.8. The average Bonchev–Trinajstić information content (AvgIpc) is 3.03. The lowest BCUT2D eigenvalue weighted by Gasteiger charge is -2.34. The summed E-state index contributed by atoms with van der Waals surface area (Å²) in [5.41, 5.74) is 8.09. The van der Waals surface area contributed by atoms with Crippen LogP contribution in [-0.2, 0) is 0 Å². The maximum Gasteiger partial charge on any atom is 0.264 e. The first-order chi connectivity index (χ1) is 11.6. The standard InChI is InChI=1S/C19H24N2O2S/c1-13-17(14-6-8-16(23-2)9-7-14)11-18(24-13)19(22)21-10-4-3-5-15(21)12-20/h6-9,11,15H,3-5,10,12,20H2,1-2H3. The Bertz CT molecular complexity index is 709. The van der Waals surface area contributed by atoms with Gasteiger partial charge in [-0.25, -0.2) is 0 Å². The van der Waals surface area contributed by atoms with Crippen molar-refractivity contribution in [1.82, 2.24) is 4.90 Å². The molecule has 5 heteroatoms. The molecule has 2 aromatic rings. The lowest BCUT2D eigenvalue weighted by molar-refractivity contribution is 0.0628. The molecule has 0 bridgehead atoms. The number of likely N-dealkylation sites (tertiary alicyclic amines) is 1. The number of carbonyl (C=O) groups excluding carboxylic acids is 1. The van der Waals surface area contributed by atoms with Crippen LogP contribution < -0.4 is 10.5 Å². The number of nitrogens with zero attached hydrogens (tertiary/aromatic N) is 1. The van der Waals surface area contributed by atoms with Gasteiger partial charge >= 0.3 is 0 Å². The molecule has 4 nitrogen and oxygen atoms in total. The number of benzene rings is 1. The largest absolute Gasteiger partial charge is 0.497 e. The molecule has 1 fully saturated rings. The molecule has 0 spiro atoms. The van der Waals surface area contributed by atoms with Gasteiger partial charge in [-0.1, -0.05) is 12.1 Å². The maximum atomic E-state index is 12.9. The summed E-state index contributed by atoms with van der Waals surface area (Å²) < 4.78 is 5.21. The second kappa shape index (κ2) is 7.36. The third kappa shape index (κ3) is 3.32. The monoisotopic (exact) mass is 344 g/mol. The molecule has 0 radical (unpaired) electrons. The van der Waals surface area contributed by atoms with Crippen LogP contribution in [0.4, 0.5) is 0 Å². The number of hydrogen-bond donors (Lipinski definition) is 1. The Morgan fingerprint density at radius 3 is 2.75 bits per heavy atom. The van der Waals surface area contributed by atoms with Crippen LogP contribution in [0.25, 0.3) is 11.1 Å². The van der Waals surface area contributed by atoms with Crippen LogP contribution >= 0.6 is 11.3 Å². The number of piperidine rings is 1. The van der Waals surface area contributed by atoms with Gasteiger partial charge in [0.1, 0.15) is 5.75 Å². The second-order valence-electron chi connectivity index (χ2n) is 6.19. The van der Waals surface area contributed by atoms with Crippen molar-refractivity contribution in [3.8, 4) is 16.9 Å². The van der Waals surface area contributed by atoms with Crippen molar-refractivity contribution in [3.05, 3.63) is 40.1 Å². The van der Waals surface area contributed by atoms with Gasteiger partial charge < -0.3 is 15.4 Å². The van der Waals surface area contributed by atoms with E-state index >= 15 is 0 Å². The zero-order chi connectivity index (χ0) is 17.1. The van der Waals surface area contributed by atoms with Crippen molar-refractivity contribution in [3.63, 3.8) is 0 Å². The van der Waals surface area contributed by atoms with Crippen LogP contribution in [0.2, 0.25) is 0 Å². The van der Waals surface area contributed by atoms with Crippen molar-refractivity contribution >= 4 is 17.2 Å². The SMILES string of the molecule is COc1ccc(-c2cc(C(=O)N3CCCCC3CN)sc2C)cc1. The van der Waals surface area contributed by atoms with Crippen LogP contribution in [0.3, 0.4) is 0 Å². The topological polar surface area (TPSA) is 55.6 Å². The highest BCUT2D eigenvalue weighted by Crippen LogP contribution is 2.33. The molecule has 1 aliphatic rings. The molecule has 24 heavy (non-hydrogen) atoms. The van der Waals surface area contributed by atoms with Gasteiger partial charge in [-0.3, -0.25) is 4.79 Å². The summed E-state index contributed by atoms with van der Waals surface area (Å²) in [6.45, 7) is 3.43. The summed E-state index contributed by atoms with van der Waals surface area (Å²) in [6, 6.07) is 10.2. The molecule has 2 N–H and O–H groups in total. The summed E-state index contributed by atoms with van der Waals surface area (Å²) in [7, 11) is 1.66. The summed E-state index contributed by atoms with van der Waals surface area (Å²) in [5, 5.41) is 0. The fourth-order valence-electron chi connectivity index (χ4n) is 3.30. The third-order valence-electron chi connectivity index (χ3n) is 4.69. The third-order valence-corrected chi connectivity index (χ3v) is 5.73. The number of hydrogen-bond acceptors (Lipinski definition) is 4. The Labute approximate surface area is 147 Å². The van der Waals surface area contributed by atoms with E-state index in [2.05, 4.69) is 6.92 Å². The van der Waals surface area contributed by atoms with Gasteiger partial charge in [0.25, 0.3) is 5.91 Å². The van der Waals surface area contributed by atoms with Gasteiger partial charge in [0.2, 0.25) is 0 Å². The van der Waals surface area contributed by atoms with Gasteiger partial charge in [0, 0.05) is 24.0 Å². The van der Waals surface area contributed by atoms with E-state index in [-0.39, 0.29) is 11.9 Å². The van der Waals surface area contributed by atoms with Crippen LogP contribution in [0.5, 0.6) is 5.75 Å². The smallest absolute Gasteiger partial charge is 0.264 e. The van der Waals surface area contributed by atoms with E-state index in [4.69, 9.17) is 10.5 Å². The Kier molecular flexibility index (Phi) is 5.21. The van der Waals surface area contributed by atoms with Gasteiger partial charge in [-0.05, 0) is 55.5 Å². The lowest BCUT2D eigenvalue weighted by Crippen LogP contribution is -2.47. The van der Waals surface area contributed by atoms with E-state index in [0.717, 1.165) is 52.4 Å². The Morgan fingerprint density at radius 1 is 1.33 bits per heavy atom. The van der Waals surface area contributed by atoms with E-state index in [0.29, 0.717) is 6.54 Å². The number of methoxy groups -OCH3 is 1. The molecule has 1 aliphatic heterocycles. The summed E-state index contributed by atoms with van der Waals surface area (Å²) in [6.07, 6.45) is 3.24. The summed E-state index contributed by atoms with van der Waals surface area (Å²) in [4.78, 5) is 16.9. The highest BCUT2D eigenvalue weighted by Gasteiger charge is 2.27. The van der Waals surface area contributed by atoms with E-state index in [1.807, 2.05) is 35.2 Å². The minimum absolute atomic E-state index is 0.123. The number of aryl methyl sites for hydroxylation is 1. The number of rotatable bonds is 4. The Morgan fingerprint density at radius 2 is 2.08 bits per heavy atom. The van der Waals surface area contributed by atoms with E-state index in [9.17, 15) is 4.79 Å². The van der Waals surface area contributed by atoms with Gasteiger partial charge in [0.05, 0.1) is 12.0 Å². The minimum atomic E-state index is 0.123.